The Balaban J connectivity index is 1.70. The van der Waals surface area contributed by atoms with Gasteiger partial charge in [0.05, 0.1) is 32.9 Å². The molecular weight excluding hydrogens is 366 g/mol. The van der Waals surface area contributed by atoms with Crippen LogP contribution in [-0.4, -0.2) is 100 Å². The number of methoxy groups -OCH3 is 1. The molecule has 0 spiro atoms. The molecule has 7 heteroatoms. The molecule has 1 aromatic carbocycles. The molecule has 0 bridgehead atoms. The molecule has 2 unspecified atom stereocenters. The van der Waals surface area contributed by atoms with Crippen LogP contribution in [-0.2, 0) is 4.74 Å². The second kappa shape index (κ2) is 10.8. The van der Waals surface area contributed by atoms with Gasteiger partial charge in [0.1, 0.15) is 5.75 Å². The fraction of sp³-hybridized carbons (Fsp3) is 0.682. The Morgan fingerprint density at radius 2 is 2.03 bits per heavy atom. The number of benzene rings is 1. The van der Waals surface area contributed by atoms with Gasteiger partial charge >= 0.3 is 0 Å². The highest BCUT2D eigenvalue weighted by Gasteiger charge is 2.30. The molecule has 0 aliphatic carbocycles. The van der Waals surface area contributed by atoms with Crippen LogP contribution < -0.4 is 10.1 Å². The molecule has 2 atom stereocenters. The monoisotopic (exact) mass is 403 g/mol. The van der Waals surface area contributed by atoms with Crippen LogP contribution in [0.25, 0.3) is 0 Å². The smallest absolute Gasteiger partial charge is 0.194 e. The standard InChI is InChI=1S/C22H37N5O2/c1-5-23-22(27-11-10-18(17-27)26-12-14-29-15-13-26)24-16-20(25(2)3)19-8-6-7-9-21(19)28-4/h6-9,18,20H,5,10-17H2,1-4H3,(H,23,24). The number of para-hydroxylation sites is 1. The van der Waals surface area contributed by atoms with E-state index in [4.69, 9.17) is 14.5 Å². The molecule has 2 aliphatic rings. The van der Waals surface area contributed by atoms with E-state index in [0.29, 0.717) is 12.6 Å². The minimum Gasteiger partial charge on any atom is -0.496 e. The Labute approximate surface area is 175 Å². The second-order valence-electron chi connectivity index (χ2n) is 7.95. The first-order valence-electron chi connectivity index (χ1n) is 10.8. The summed E-state index contributed by atoms with van der Waals surface area (Å²) >= 11 is 0. The number of nitrogens with zero attached hydrogens (tertiary/aromatic N) is 4. The van der Waals surface area contributed by atoms with Gasteiger partial charge in [-0.1, -0.05) is 18.2 Å². The number of ether oxygens (including phenoxy) is 2. The number of aliphatic imine (C=N–C) groups is 1. The highest BCUT2D eigenvalue weighted by atomic mass is 16.5. The summed E-state index contributed by atoms with van der Waals surface area (Å²) in [6, 6.07) is 9.00. The summed E-state index contributed by atoms with van der Waals surface area (Å²) in [6.45, 7) is 9.58. The molecule has 0 aromatic heterocycles. The zero-order valence-corrected chi connectivity index (χ0v) is 18.4. The van der Waals surface area contributed by atoms with Gasteiger partial charge in [-0.3, -0.25) is 9.89 Å². The van der Waals surface area contributed by atoms with Crippen LogP contribution in [0.2, 0.25) is 0 Å². The van der Waals surface area contributed by atoms with E-state index in [9.17, 15) is 0 Å². The number of likely N-dealkylation sites (N-methyl/N-ethyl adjacent to an activating group) is 1. The molecule has 1 aromatic rings. The van der Waals surface area contributed by atoms with Crippen molar-refractivity contribution in [1.82, 2.24) is 20.0 Å². The number of morpholine rings is 1. The van der Waals surface area contributed by atoms with Crippen LogP contribution in [0.15, 0.2) is 29.3 Å². The zero-order valence-electron chi connectivity index (χ0n) is 18.4. The Bertz CT molecular complexity index is 660. The van der Waals surface area contributed by atoms with Gasteiger partial charge in [-0.05, 0) is 33.5 Å². The summed E-state index contributed by atoms with van der Waals surface area (Å²) in [5.41, 5.74) is 1.17. The predicted molar refractivity (Wildman–Crippen MR) is 118 cm³/mol. The molecule has 2 fully saturated rings. The largest absolute Gasteiger partial charge is 0.496 e. The van der Waals surface area contributed by atoms with Crippen molar-refractivity contribution in [2.24, 2.45) is 4.99 Å². The maximum absolute atomic E-state index is 5.59. The van der Waals surface area contributed by atoms with Crippen LogP contribution in [0.5, 0.6) is 5.75 Å². The first kappa shape index (κ1) is 21.9. The first-order valence-corrected chi connectivity index (χ1v) is 10.8. The van der Waals surface area contributed by atoms with Gasteiger partial charge in [-0.25, -0.2) is 0 Å². The molecule has 0 amide bonds. The summed E-state index contributed by atoms with van der Waals surface area (Å²) in [7, 11) is 5.93. The molecule has 29 heavy (non-hydrogen) atoms. The Hall–Kier alpha value is -1.83. The lowest BCUT2D eigenvalue weighted by Crippen LogP contribution is -2.46. The van der Waals surface area contributed by atoms with Crippen molar-refractivity contribution in [3.63, 3.8) is 0 Å². The summed E-state index contributed by atoms with van der Waals surface area (Å²) in [5.74, 6) is 1.94. The molecule has 1 N–H and O–H groups in total. The lowest BCUT2D eigenvalue weighted by molar-refractivity contribution is 0.0195. The van der Waals surface area contributed by atoms with Crippen molar-refractivity contribution in [1.29, 1.82) is 0 Å². The van der Waals surface area contributed by atoms with Gasteiger partial charge in [0.15, 0.2) is 5.96 Å². The maximum Gasteiger partial charge on any atom is 0.194 e. The van der Waals surface area contributed by atoms with E-state index in [1.165, 1.54) is 12.0 Å². The normalized spacial score (nSPS) is 22.2. The molecule has 0 radical (unpaired) electrons. The van der Waals surface area contributed by atoms with Gasteiger partial charge < -0.3 is 24.6 Å². The van der Waals surface area contributed by atoms with Crippen molar-refractivity contribution in [3.8, 4) is 5.75 Å². The fourth-order valence-electron chi connectivity index (χ4n) is 4.26. The number of nitrogens with one attached hydrogen (secondary N) is 1. The number of likely N-dealkylation sites (tertiary alicyclic amines) is 1. The molecule has 0 saturated carbocycles. The molecular formula is C22H37N5O2. The van der Waals surface area contributed by atoms with Gasteiger partial charge in [-0.15, -0.1) is 0 Å². The first-order chi connectivity index (χ1) is 14.1. The third kappa shape index (κ3) is 5.62. The molecule has 3 rings (SSSR count). The molecule has 2 aliphatic heterocycles. The Morgan fingerprint density at radius 1 is 1.28 bits per heavy atom. The molecule has 2 heterocycles. The van der Waals surface area contributed by atoms with Crippen LogP contribution in [0.1, 0.15) is 24.9 Å². The van der Waals surface area contributed by atoms with E-state index in [1.54, 1.807) is 7.11 Å². The van der Waals surface area contributed by atoms with Crippen molar-refractivity contribution in [2.75, 3.05) is 73.7 Å². The third-order valence-corrected chi connectivity index (χ3v) is 5.90. The summed E-state index contributed by atoms with van der Waals surface area (Å²) in [4.78, 5) is 12.2. The topological polar surface area (TPSA) is 52.6 Å². The minimum atomic E-state index is 0.164. The lowest BCUT2D eigenvalue weighted by atomic mass is 10.0. The number of hydrogen-bond acceptors (Lipinski definition) is 5. The number of guanidine groups is 1. The van der Waals surface area contributed by atoms with E-state index in [1.807, 2.05) is 12.1 Å². The zero-order chi connectivity index (χ0) is 20.6. The molecule has 2 saturated heterocycles. The van der Waals surface area contributed by atoms with Crippen molar-refractivity contribution >= 4 is 5.96 Å². The van der Waals surface area contributed by atoms with Crippen LogP contribution >= 0.6 is 0 Å². The summed E-state index contributed by atoms with van der Waals surface area (Å²) in [6.07, 6.45) is 1.19. The summed E-state index contributed by atoms with van der Waals surface area (Å²) in [5, 5.41) is 3.51. The third-order valence-electron chi connectivity index (χ3n) is 5.90. The van der Waals surface area contributed by atoms with Gasteiger partial charge in [0, 0.05) is 44.3 Å². The Kier molecular flexibility index (Phi) is 8.15. The van der Waals surface area contributed by atoms with E-state index in [2.05, 4.69) is 53.2 Å². The van der Waals surface area contributed by atoms with Crippen LogP contribution in [0.3, 0.4) is 0 Å². The highest BCUT2D eigenvalue weighted by molar-refractivity contribution is 5.80. The number of rotatable bonds is 7. The second-order valence-corrected chi connectivity index (χ2v) is 7.95. The van der Waals surface area contributed by atoms with E-state index in [0.717, 1.165) is 57.6 Å². The quantitative estimate of drug-likeness (QED) is 0.552. The van der Waals surface area contributed by atoms with Gasteiger partial charge in [0.2, 0.25) is 0 Å². The molecule has 162 valence electrons. The van der Waals surface area contributed by atoms with E-state index in [-0.39, 0.29) is 6.04 Å². The average molecular weight is 404 g/mol. The predicted octanol–water partition coefficient (Wildman–Crippen LogP) is 1.67. The van der Waals surface area contributed by atoms with Gasteiger partial charge in [0.25, 0.3) is 0 Å². The van der Waals surface area contributed by atoms with E-state index < -0.39 is 0 Å². The lowest BCUT2D eigenvalue weighted by Gasteiger charge is -2.32. The van der Waals surface area contributed by atoms with Crippen LogP contribution in [0, 0.1) is 0 Å². The Morgan fingerprint density at radius 3 is 2.72 bits per heavy atom. The fourth-order valence-corrected chi connectivity index (χ4v) is 4.26. The van der Waals surface area contributed by atoms with E-state index >= 15 is 0 Å². The highest BCUT2D eigenvalue weighted by Crippen LogP contribution is 2.28. The molecule has 7 nitrogen and oxygen atoms in total. The van der Waals surface area contributed by atoms with Crippen molar-refractivity contribution in [2.45, 2.75) is 25.4 Å². The summed E-state index contributed by atoms with van der Waals surface area (Å²) < 4.78 is 11.1. The van der Waals surface area contributed by atoms with Crippen molar-refractivity contribution in [3.05, 3.63) is 29.8 Å². The number of hydrogen-bond donors (Lipinski definition) is 1. The maximum atomic E-state index is 5.59. The average Bonchev–Trinajstić information content (AvgIpc) is 3.24. The van der Waals surface area contributed by atoms with Gasteiger partial charge in [-0.2, -0.15) is 0 Å². The minimum absolute atomic E-state index is 0.164. The van der Waals surface area contributed by atoms with Crippen LogP contribution in [0.4, 0.5) is 0 Å². The van der Waals surface area contributed by atoms with Crippen molar-refractivity contribution < 1.29 is 9.47 Å². The SMILES string of the molecule is CCNC(=NCC(c1ccccc1OC)N(C)C)N1CCC(N2CCOCC2)C1.